The van der Waals surface area contributed by atoms with Crippen LogP contribution in [0.2, 0.25) is 0 Å². The quantitative estimate of drug-likeness (QED) is 0.146. The van der Waals surface area contributed by atoms with Crippen molar-refractivity contribution in [3.05, 3.63) is 144 Å². The largest absolute Gasteiger partial charge is 0.509 e. The second kappa shape index (κ2) is 19.9. The molecule has 7 fully saturated rings. The average Bonchev–Trinajstić information content (AvgIpc) is 3.98. The van der Waals surface area contributed by atoms with Crippen molar-refractivity contribution in [2.75, 3.05) is 26.9 Å². The van der Waals surface area contributed by atoms with Gasteiger partial charge in [0.2, 0.25) is 0 Å². The van der Waals surface area contributed by atoms with Crippen LogP contribution in [0.1, 0.15) is 34.8 Å². The summed E-state index contributed by atoms with van der Waals surface area (Å²) in [6.07, 6.45) is -17.3. The van der Waals surface area contributed by atoms with Gasteiger partial charge in [-0.05, 0) is 11.1 Å². The predicted octanol–water partition coefficient (Wildman–Crippen LogP) is 5.42. The number of carbonyl (C=O) groups excluding carboxylic acids is 2. The lowest BCUT2D eigenvalue weighted by Gasteiger charge is -2.49. The molecule has 0 aliphatic carbocycles. The van der Waals surface area contributed by atoms with Crippen molar-refractivity contribution in [2.45, 2.75) is 118 Å². The third kappa shape index (κ3) is 9.42. The molecule has 18 heteroatoms. The molecule has 0 bridgehead atoms. The van der Waals surface area contributed by atoms with Crippen molar-refractivity contribution in [3.8, 4) is 0 Å². The Labute approximate surface area is 385 Å². The normalized spacial score (nSPS) is 37.7. The number of methoxy groups -OCH3 is 1. The zero-order valence-electron chi connectivity index (χ0n) is 36.2. The van der Waals surface area contributed by atoms with Gasteiger partial charge >= 0.3 is 12.3 Å². The molecule has 0 aromatic heterocycles. The van der Waals surface area contributed by atoms with E-state index in [1.807, 2.05) is 121 Å². The number of fused-ring (bicyclic) bond motifs is 6. The SMILES string of the molecule is CO[C@H]1O[C@H](CO[C@H]2O[C@@H]3CO[C@@H](c4ccccc4)O[C@H]3[C@@H]3OC(=O)O[C@H]23)[C@@H](OCc2ccccc2)[C@H](O[C@H]2O[C@@H]3CO[C@@H](c4ccccc4)O[C@H]3[C@@H]3OC(=O)O[C@H]23)[C@@H]1OCc1ccccc1. The van der Waals surface area contributed by atoms with E-state index in [9.17, 15) is 9.59 Å². The zero-order valence-corrected chi connectivity index (χ0v) is 36.2. The number of rotatable bonds is 14. The van der Waals surface area contributed by atoms with Crippen LogP contribution >= 0.6 is 0 Å². The molecule has 7 aliphatic heterocycles. The third-order valence-corrected chi connectivity index (χ3v) is 12.8. The minimum absolute atomic E-state index is 0.0976. The molecule has 67 heavy (non-hydrogen) atoms. The van der Waals surface area contributed by atoms with Crippen LogP contribution in [0.15, 0.2) is 121 Å². The first-order valence-corrected chi connectivity index (χ1v) is 22.4. The van der Waals surface area contributed by atoms with Gasteiger partial charge in [-0.3, -0.25) is 0 Å². The van der Waals surface area contributed by atoms with E-state index in [4.69, 9.17) is 75.8 Å². The fourth-order valence-electron chi connectivity index (χ4n) is 9.53. The van der Waals surface area contributed by atoms with Gasteiger partial charge in [0.15, 0.2) is 55.9 Å². The summed E-state index contributed by atoms with van der Waals surface area (Å²) in [5.74, 6) is 0. The van der Waals surface area contributed by atoms with Gasteiger partial charge in [0, 0.05) is 18.2 Å². The molecule has 7 heterocycles. The van der Waals surface area contributed by atoms with Crippen molar-refractivity contribution in [1.29, 1.82) is 0 Å². The Hall–Kier alpha value is -5.06. The fourth-order valence-corrected chi connectivity index (χ4v) is 9.53. The Morgan fingerprint density at radius 1 is 0.463 bits per heavy atom. The monoisotopic (exact) mass is 926 g/mol. The van der Waals surface area contributed by atoms with Gasteiger partial charge in [-0.25, -0.2) is 9.59 Å². The molecular weight excluding hydrogens is 877 g/mol. The highest BCUT2D eigenvalue weighted by Gasteiger charge is 2.61. The molecular formula is C49H50O18. The van der Waals surface area contributed by atoms with Gasteiger partial charge in [0.05, 0.1) is 33.0 Å². The molecule has 0 unspecified atom stereocenters. The fraction of sp³-hybridized carbons (Fsp3) is 0.469. The maximum absolute atomic E-state index is 13.0. The molecule has 0 saturated carbocycles. The first-order chi connectivity index (χ1) is 33.0. The number of carbonyl (C=O) groups is 2. The molecule has 7 saturated heterocycles. The summed E-state index contributed by atoms with van der Waals surface area (Å²) in [7, 11) is 1.49. The van der Waals surface area contributed by atoms with E-state index in [1.54, 1.807) is 0 Å². The Kier molecular flexibility index (Phi) is 13.2. The van der Waals surface area contributed by atoms with Crippen LogP contribution in [0.5, 0.6) is 0 Å². The summed E-state index contributed by atoms with van der Waals surface area (Å²) in [5, 5.41) is 0. The smallest absolute Gasteiger partial charge is 0.424 e. The summed E-state index contributed by atoms with van der Waals surface area (Å²) >= 11 is 0. The Morgan fingerprint density at radius 3 is 1.45 bits per heavy atom. The van der Waals surface area contributed by atoms with Crippen LogP contribution in [0.4, 0.5) is 9.59 Å². The minimum Gasteiger partial charge on any atom is -0.424 e. The Morgan fingerprint density at radius 2 is 0.925 bits per heavy atom. The van der Waals surface area contributed by atoms with Crippen LogP contribution in [-0.2, 0) is 89.0 Å². The lowest BCUT2D eigenvalue weighted by molar-refractivity contribution is -0.384. The van der Waals surface area contributed by atoms with E-state index in [0.29, 0.717) is 0 Å². The van der Waals surface area contributed by atoms with E-state index in [1.165, 1.54) is 7.11 Å². The third-order valence-electron chi connectivity index (χ3n) is 12.8. The number of benzene rings is 4. The summed E-state index contributed by atoms with van der Waals surface area (Å²) < 4.78 is 101. The van der Waals surface area contributed by atoms with Crippen molar-refractivity contribution >= 4 is 12.3 Å². The second-order valence-electron chi connectivity index (χ2n) is 17.0. The van der Waals surface area contributed by atoms with E-state index in [-0.39, 0.29) is 33.0 Å². The lowest BCUT2D eigenvalue weighted by Crippen LogP contribution is -2.66. The van der Waals surface area contributed by atoms with Gasteiger partial charge in [0.25, 0.3) is 0 Å². The molecule has 0 spiro atoms. The maximum atomic E-state index is 13.0. The van der Waals surface area contributed by atoms with E-state index >= 15 is 0 Å². The van der Waals surface area contributed by atoms with Crippen LogP contribution < -0.4 is 0 Å². The van der Waals surface area contributed by atoms with Crippen molar-refractivity contribution in [1.82, 2.24) is 0 Å². The number of hydrogen-bond donors (Lipinski definition) is 0. The highest BCUT2D eigenvalue weighted by Crippen LogP contribution is 2.43. The predicted molar refractivity (Wildman–Crippen MR) is 224 cm³/mol. The topological polar surface area (TPSA) is 182 Å². The minimum atomic E-state index is -1.23. The van der Waals surface area contributed by atoms with Gasteiger partial charge < -0.3 is 75.8 Å². The highest BCUT2D eigenvalue weighted by atomic mass is 16.8. The molecule has 0 N–H and O–H groups in total. The number of hydrogen-bond acceptors (Lipinski definition) is 18. The molecule has 11 rings (SSSR count). The molecule has 17 atom stereocenters. The highest BCUT2D eigenvalue weighted by molar-refractivity contribution is 5.63. The molecule has 4 aromatic carbocycles. The van der Waals surface area contributed by atoms with E-state index in [0.717, 1.165) is 22.3 Å². The molecule has 354 valence electrons. The molecule has 7 aliphatic rings. The van der Waals surface area contributed by atoms with Gasteiger partial charge in [-0.1, -0.05) is 121 Å². The average molecular weight is 927 g/mol. The van der Waals surface area contributed by atoms with Gasteiger partial charge in [-0.2, -0.15) is 0 Å². The van der Waals surface area contributed by atoms with E-state index in [2.05, 4.69) is 0 Å². The first-order valence-electron chi connectivity index (χ1n) is 22.4. The molecule has 0 amide bonds. The maximum Gasteiger partial charge on any atom is 0.509 e. The van der Waals surface area contributed by atoms with Crippen molar-refractivity contribution in [2.24, 2.45) is 0 Å². The first kappa shape index (κ1) is 44.4. The van der Waals surface area contributed by atoms with Crippen LogP contribution in [-0.4, -0.2) is 131 Å². The summed E-state index contributed by atoms with van der Waals surface area (Å²) in [5.41, 5.74) is 3.34. The van der Waals surface area contributed by atoms with Crippen LogP contribution in [0.3, 0.4) is 0 Å². The zero-order chi connectivity index (χ0) is 45.3. The van der Waals surface area contributed by atoms with Crippen LogP contribution in [0.25, 0.3) is 0 Å². The van der Waals surface area contributed by atoms with Crippen LogP contribution in [0, 0.1) is 0 Å². The van der Waals surface area contributed by atoms with Crippen molar-refractivity contribution < 1.29 is 85.4 Å². The standard InChI is InChI=1S/C49H50O18/c1-52-45-40(54-23-28-16-8-3-9-17-28)37(63-47-42-39(65-49(51)67-42)36-33(60-47)26-56-44(62-36)30-20-12-5-13-21-30)34(53-22-27-14-6-2-7-15-27)31(58-45)24-57-46-41-38(64-48(50)66-41)35-32(59-46)25-55-43(61-35)29-18-10-4-11-19-29/h2-21,31-47H,22-26H2,1H3/t31-,32-,33-,34-,35-,36-,37+,38+,39+,40+,41+,42+,43-,44-,45+,46+,47-/m1/s1. The molecule has 4 aromatic rings. The molecule has 18 nitrogen and oxygen atoms in total. The summed E-state index contributed by atoms with van der Waals surface area (Å²) in [4.78, 5) is 25.7. The summed E-state index contributed by atoms with van der Waals surface area (Å²) in [6.45, 7) is 0.296. The lowest BCUT2D eigenvalue weighted by atomic mass is 9.95. The van der Waals surface area contributed by atoms with Gasteiger partial charge in [0.1, 0.15) is 48.8 Å². The van der Waals surface area contributed by atoms with Gasteiger partial charge in [-0.15, -0.1) is 0 Å². The van der Waals surface area contributed by atoms with E-state index < -0.39 is 117 Å². The Bertz CT molecular complexity index is 2260. The summed E-state index contributed by atoms with van der Waals surface area (Å²) in [6, 6.07) is 38.1. The Balaban J connectivity index is 0.875. The molecule has 0 radical (unpaired) electrons. The number of ether oxygens (including phenoxy) is 16. The second-order valence-corrected chi connectivity index (χ2v) is 17.0. The van der Waals surface area contributed by atoms with Crippen molar-refractivity contribution in [3.63, 3.8) is 0 Å².